The van der Waals surface area contributed by atoms with Crippen LogP contribution in [0.2, 0.25) is 0 Å². The summed E-state index contributed by atoms with van der Waals surface area (Å²) < 4.78 is 54.5. The number of oxime groups is 1. The molecule has 0 radical (unpaired) electrons. The number of rotatable bonds is 3. The minimum Gasteiger partial charge on any atom is -0.480 e. The first-order chi connectivity index (χ1) is 8.25. The van der Waals surface area contributed by atoms with Gasteiger partial charge in [0.25, 0.3) is 0 Å². The number of hydrogen-bond donors (Lipinski definition) is 2. The van der Waals surface area contributed by atoms with Gasteiger partial charge in [0.15, 0.2) is 11.9 Å². The number of benzene rings is 1. The summed E-state index contributed by atoms with van der Waals surface area (Å²) in [5.41, 5.74) is 4.96. The van der Waals surface area contributed by atoms with Crippen molar-refractivity contribution >= 4 is 5.84 Å². The molecule has 0 amide bonds. The maximum absolute atomic E-state index is 12.9. The van der Waals surface area contributed by atoms with E-state index in [0.29, 0.717) is 0 Å². The van der Waals surface area contributed by atoms with Crippen LogP contribution in [0.3, 0.4) is 0 Å². The van der Waals surface area contributed by atoms with Crippen molar-refractivity contribution in [3.63, 3.8) is 0 Å². The lowest BCUT2D eigenvalue weighted by atomic mass is 10.1. The Labute approximate surface area is 99.7 Å². The number of ether oxygens (including phenoxy) is 1. The van der Waals surface area contributed by atoms with Crippen molar-refractivity contribution in [1.82, 2.24) is 0 Å². The zero-order valence-corrected chi connectivity index (χ0v) is 9.20. The molecule has 0 heterocycles. The first-order valence-electron chi connectivity index (χ1n) is 4.76. The van der Waals surface area contributed by atoms with Gasteiger partial charge in [0.1, 0.15) is 11.6 Å². The van der Waals surface area contributed by atoms with Gasteiger partial charge in [0.2, 0.25) is 0 Å². The molecule has 0 spiro atoms. The quantitative estimate of drug-likeness (QED) is 0.290. The highest BCUT2D eigenvalue weighted by atomic mass is 19.4. The van der Waals surface area contributed by atoms with E-state index in [-0.39, 0.29) is 11.3 Å². The fourth-order valence-electron chi connectivity index (χ4n) is 1.12. The van der Waals surface area contributed by atoms with Gasteiger partial charge in [-0.05, 0) is 25.1 Å². The van der Waals surface area contributed by atoms with Crippen LogP contribution in [-0.2, 0) is 0 Å². The summed E-state index contributed by atoms with van der Waals surface area (Å²) in [7, 11) is 0. The lowest BCUT2D eigenvalue weighted by Gasteiger charge is -2.19. The largest absolute Gasteiger partial charge is 0.480 e. The van der Waals surface area contributed by atoms with Crippen LogP contribution >= 0.6 is 0 Å². The Morgan fingerprint density at radius 3 is 2.56 bits per heavy atom. The minimum absolute atomic E-state index is 0.256. The molecule has 0 saturated carbocycles. The van der Waals surface area contributed by atoms with E-state index in [1.807, 2.05) is 0 Å². The molecule has 0 aliphatic carbocycles. The van der Waals surface area contributed by atoms with Gasteiger partial charge in [-0.1, -0.05) is 5.16 Å². The molecule has 1 rings (SSSR count). The molecule has 0 bridgehead atoms. The Hall–Kier alpha value is -1.99. The summed E-state index contributed by atoms with van der Waals surface area (Å²) in [6.07, 6.45) is -6.68. The second-order valence-corrected chi connectivity index (χ2v) is 3.43. The number of hydrogen-bond acceptors (Lipinski definition) is 3. The van der Waals surface area contributed by atoms with Crippen molar-refractivity contribution in [3.8, 4) is 5.75 Å². The molecule has 1 aromatic carbocycles. The summed E-state index contributed by atoms with van der Waals surface area (Å²) in [5.74, 6) is -1.61. The second-order valence-electron chi connectivity index (χ2n) is 3.43. The molecule has 0 aliphatic heterocycles. The summed E-state index contributed by atoms with van der Waals surface area (Å²) in [6.45, 7) is 0.791. The van der Waals surface area contributed by atoms with Gasteiger partial charge in [0.05, 0.1) is 5.56 Å². The van der Waals surface area contributed by atoms with E-state index >= 15 is 0 Å². The molecule has 0 saturated heterocycles. The van der Waals surface area contributed by atoms with E-state index in [4.69, 9.17) is 10.9 Å². The lowest BCUT2D eigenvalue weighted by Crippen LogP contribution is -2.32. The average molecular weight is 266 g/mol. The molecule has 0 aromatic heterocycles. The molecule has 3 N–H and O–H groups in total. The van der Waals surface area contributed by atoms with Crippen molar-refractivity contribution in [2.75, 3.05) is 0 Å². The maximum atomic E-state index is 12.9. The van der Waals surface area contributed by atoms with E-state index in [1.165, 1.54) is 0 Å². The van der Waals surface area contributed by atoms with Crippen LogP contribution in [0, 0.1) is 5.82 Å². The van der Waals surface area contributed by atoms with Gasteiger partial charge in [-0.25, -0.2) is 4.39 Å². The molecule has 1 unspecified atom stereocenters. The Kier molecular flexibility index (Phi) is 4.00. The van der Waals surface area contributed by atoms with Crippen molar-refractivity contribution in [3.05, 3.63) is 29.6 Å². The SMILES string of the molecule is CC(Oc1ccc(F)cc1C(N)=NO)C(F)(F)F. The van der Waals surface area contributed by atoms with Crippen molar-refractivity contribution in [2.24, 2.45) is 10.9 Å². The fourth-order valence-corrected chi connectivity index (χ4v) is 1.12. The Balaban J connectivity index is 3.10. The van der Waals surface area contributed by atoms with Crippen molar-refractivity contribution in [2.45, 2.75) is 19.2 Å². The number of nitrogens with two attached hydrogens (primary N) is 1. The first-order valence-corrected chi connectivity index (χ1v) is 4.76. The summed E-state index contributed by atoms with van der Waals surface area (Å²) in [4.78, 5) is 0. The highest BCUT2D eigenvalue weighted by Gasteiger charge is 2.38. The summed E-state index contributed by atoms with van der Waals surface area (Å²) >= 11 is 0. The smallest absolute Gasteiger partial charge is 0.425 e. The zero-order chi connectivity index (χ0) is 13.9. The molecule has 0 aliphatic rings. The third-order valence-electron chi connectivity index (χ3n) is 2.09. The minimum atomic E-state index is -4.57. The Morgan fingerprint density at radius 2 is 2.06 bits per heavy atom. The molecule has 1 aromatic rings. The topological polar surface area (TPSA) is 67.8 Å². The Morgan fingerprint density at radius 1 is 1.44 bits per heavy atom. The van der Waals surface area contributed by atoms with Gasteiger partial charge >= 0.3 is 6.18 Å². The van der Waals surface area contributed by atoms with Crippen LogP contribution in [-0.4, -0.2) is 23.3 Å². The van der Waals surface area contributed by atoms with E-state index in [0.717, 1.165) is 25.1 Å². The standard InChI is InChI=1S/C10H10F4N2O2/c1-5(10(12,13)14)18-8-3-2-6(11)4-7(8)9(15)16-17/h2-5,17H,1H3,(H2,15,16). The second kappa shape index (κ2) is 5.11. The van der Waals surface area contributed by atoms with Crippen LogP contribution in [0.5, 0.6) is 5.75 Å². The number of amidine groups is 1. The van der Waals surface area contributed by atoms with E-state index in [2.05, 4.69) is 9.89 Å². The third-order valence-corrected chi connectivity index (χ3v) is 2.09. The lowest BCUT2D eigenvalue weighted by molar-refractivity contribution is -0.189. The molecule has 18 heavy (non-hydrogen) atoms. The maximum Gasteiger partial charge on any atom is 0.425 e. The monoisotopic (exact) mass is 266 g/mol. The van der Waals surface area contributed by atoms with Crippen molar-refractivity contribution < 1.29 is 27.5 Å². The Bertz CT molecular complexity index is 460. The highest BCUT2D eigenvalue weighted by molar-refractivity contribution is 5.99. The predicted molar refractivity (Wildman–Crippen MR) is 55.1 cm³/mol. The molecule has 8 heteroatoms. The van der Waals surface area contributed by atoms with Crippen LogP contribution in [0.25, 0.3) is 0 Å². The van der Waals surface area contributed by atoms with Crippen LogP contribution in [0.4, 0.5) is 17.6 Å². The van der Waals surface area contributed by atoms with E-state index < -0.39 is 23.9 Å². The van der Waals surface area contributed by atoms with Gasteiger partial charge in [-0.2, -0.15) is 13.2 Å². The average Bonchev–Trinajstić information content (AvgIpc) is 2.29. The van der Waals surface area contributed by atoms with Gasteiger partial charge in [-0.3, -0.25) is 0 Å². The number of halogens is 4. The first kappa shape index (κ1) is 14.1. The molecule has 0 fully saturated rings. The molecule has 4 nitrogen and oxygen atoms in total. The number of nitrogens with zero attached hydrogens (tertiary/aromatic N) is 1. The summed E-state index contributed by atoms with van der Waals surface area (Å²) in [5, 5.41) is 11.1. The van der Waals surface area contributed by atoms with Crippen LogP contribution in [0.1, 0.15) is 12.5 Å². The molecular weight excluding hydrogens is 256 g/mol. The van der Waals surface area contributed by atoms with E-state index in [1.54, 1.807) is 0 Å². The van der Waals surface area contributed by atoms with Crippen LogP contribution in [0.15, 0.2) is 23.4 Å². The third kappa shape index (κ3) is 3.25. The van der Waals surface area contributed by atoms with Gasteiger partial charge in [-0.15, -0.1) is 0 Å². The summed E-state index contributed by atoms with van der Waals surface area (Å²) in [6, 6.07) is 2.70. The number of alkyl halides is 3. The molecule has 100 valence electrons. The normalized spacial score (nSPS) is 14.4. The predicted octanol–water partition coefficient (Wildman–Crippen LogP) is 2.25. The molecule has 1 atom stereocenters. The molecular formula is C10H10F4N2O2. The van der Waals surface area contributed by atoms with Gasteiger partial charge < -0.3 is 15.7 Å². The van der Waals surface area contributed by atoms with Crippen LogP contribution < -0.4 is 10.5 Å². The highest BCUT2D eigenvalue weighted by Crippen LogP contribution is 2.27. The zero-order valence-electron chi connectivity index (χ0n) is 9.20. The van der Waals surface area contributed by atoms with Crippen molar-refractivity contribution in [1.29, 1.82) is 0 Å². The van der Waals surface area contributed by atoms with Gasteiger partial charge in [0, 0.05) is 0 Å². The van der Waals surface area contributed by atoms with E-state index in [9.17, 15) is 17.6 Å². The fraction of sp³-hybridized carbons (Fsp3) is 0.300.